The Bertz CT molecular complexity index is 1590. The van der Waals surface area contributed by atoms with Crippen LogP contribution in [0.15, 0.2) is 66.7 Å². The number of benzene rings is 3. The van der Waals surface area contributed by atoms with E-state index in [2.05, 4.69) is 10.6 Å². The first-order valence-electron chi connectivity index (χ1n) is 13.2. The Morgan fingerprint density at radius 3 is 2.41 bits per heavy atom. The van der Waals surface area contributed by atoms with E-state index in [1.54, 1.807) is 12.1 Å². The van der Waals surface area contributed by atoms with Gasteiger partial charge in [-0.3, -0.25) is 14.4 Å². The van der Waals surface area contributed by atoms with E-state index < -0.39 is 79.0 Å². The van der Waals surface area contributed by atoms with E-state index in [1.807, 2.05) is 0 Å². The lowest BCUT2D eigenvalue weighted by Gasteiger charge is -2.30. The third-order valence-corrected chi connectivity index (χ3v) is 7.11. The van der Waals surface area contributed by atoms with Crippen molar-refractivity contribution in [1.82, 2.24) is 5.32 Å². The summed E-state index contributed by atoms with van der Waals surface area (Å²) >= 11 is 0. The predicted octanol–water partition coefficient (Wildman–Crippen LogP) is 5.44. The topological polar surface area (TPSA) is 128 Å². The van der Waals surface area contributed by atoms with Crippen molar-refractivity contribution in [2.75, 3.05) is 16.8 Å². The molecule has 1 aliphatic heterocycles. The van der Waals surface area contributed by atoms with Crippen LogP contribution in [0.25, 0.3) is 0 Å². The third-order valence-electron chi connectivity index (χ3n) is 7.11. The molecule has 1 heterocycles. The normalized spacial score (nSPS) is 16.3. The second-order valence-electron chi connectivity index (χ2n) is 10.1. The van der Waals surface area contributed by atoms with Gasteiger partial charge < -0.3 is 21.3 Å². The SMILES string of the molecule is N#Cc1cc(F)cc(N2CC(NC(=O)C(CCC(F)(F)F)C(C(N)=O)c3ccccc3)C(=O)Nc3c(C(F)F)cccc32)c1. The van der Waals surface area contributed by atoms with E-state index in [0.717, 1.165) is 18.2 Å². The van der Waals surface area contributed by atoms with Gasteiger partial charge in [0.25, 0.3) is 6.43 Å². The Balaban J connectivity index is 1.77. The molecule has 0 spiro atoms. The number of carbonyl (C=O) groups excluding carboxylic acids is 3. The van der Waals surface area contributed by atoms with Crippen molar-refractivity contribution in [1.29, 1.82) is 5.26 Å². The number of para-hydroxylation sites is 1. The molecule has 3 amide bonds. The number of halogens is 6. The van der Waals surface area contributed by atoms with Crippen molar-refractivity contribution in [2.45, 2.75) is 37.4 Å². The number of alkyl halides is 5. The molecule has 4 rings (SSSR count). The summed E-state index contributed by atoms with van der Waals surface area (Å²) in [4.78, 5) is 40.7. The first-order valence-corrected chi connectivity index (χ1v) is 13.2. The fourth-order valence-corrected chi connectivity index (χ4v) is 5.13. The molecule has 0 saturated heterocycles. The van der Waals surface area contributed by atoms with Gasteiger partial charge in [-0.1, -0.05) is 42.5 Å². The minimum atomic E-state index is -4.70. The molecule has 44 heavy (non-hydrogen) atoms. The number of amides is 3. The molecular formula is C30H25F6N5O3. The van der Waals surface area contributed by atoms with E-state index in [9.17, 15) is 46.0 Å². The van der Waals surface area contributed by atoms with Crippen molar-refractivity contribution in [3.63, 3.8) is 0 Å². The largest absolute Gasteiger partial charge is 0.389 e. The zero-order valence-corrected chi connectivity index (χ0v) is 22.7. The van der Waals surface area contributed by atoms with Crippen LogP contribution in [0.4, 0.5) is 43.4 Å². The molecule has 0 bridgehead atoms. The Hall–Kier alpha value is -5.06. The summed E-state index contributed by atoms with van der Waals surface area (Å²) < 4.78 is 82.2. The van der Waals surface area contributed by atoms with Crippen LogP contribution in [0.1, 0.15) is 41.9 Å². The van der Waals surface area contributed by atoms with Gasteiger partial charge in [0.05, 0.1) is 41.4 Å². The first-order chi connectivity index (χ1) is 20.8. The van der Waals surface area contributed by atoms with Crippen LogP contribution in [0, 0.1) is 23.1 Å². The number of rotatable bonds is 9. The minimum Gasteiger partial charge on any atom is -0.369 e. The number of nitrogens with one attached hydrogen (secondary N) is 2. The second kappa shape index (κ2) is 13.1. The molecule has 230 valence electrons. The van der Waals surface area contributed by atoms with Gasteiger partial charge in [0, 0.05) is 17.7 Å². The number of nitriles is 1. The Labute approximate surface area is 247 Å². The zero-order valence-electron chi connectivity index (χ0n) is 22.7. The summed E-state index contributed by atoms with van der Waals surface area (Å²) in [5.41, 5.74) is 4.61. The molecule has 3 aromatic rings. The standard InChI is InChI=1S/C30H25F6N5O3/c31-18-11-16(14-37)12-19(13-18)41-15-22(29(44)40-25-21(26(32)33)7-4-8-23(25)41)39-28(43)20(9-10-30(34,35)36)24(27(38)42)17-5-2-1-3-6-17/h1-8,11-13,20,22,24,26H,9-10,15H2,(H2,38,42)(H,39,43)(H,40,44). The number of hydrogen-bond acceptors (Lipinski definition) is 5. The fraction of sp³-hybridized carbons (Fsp3) is 0.267. The quantitative estimate of drug-likeness (QED) is 0.276. The lowest BCUT2D eigenvalue weighted by molar-refractivity contribution is -0.144. The molecule has 3 atom stereocenters. The van der Waals surface area contributed by atoms with Crippen LogP contribution in [0.2, 0.25) is 0 Å². The summed E-state index contributed by atoms with van der Waals surface area (Å²) in [6.07, 6.45) is -10.1. The van der Waals surface area contributed by atoms with Crippen molar-refractivity contribution < 1.29 is 40.7 Å². The van der Waals surface area contributed by atoms with Gasteiger partial charge in [0.2, 0.25) is 17.7 Å². The zero-order chi connectivity index (χ0) is 32.2. The molecule has 14 heteroatoms. The third kappa shape index (κ3) is 7.28. The van der Waals surface area contributed by atoms with Gasteiger partial charge in [-0.2, -0.15) is 18.4 Å². The van der Waals surface area contributed by atoms with Crippen LogP contribution in [-0.4, -0.2) is 36.5 Å². The average Bonchev–Trinajstić information content (AvgIpc) is 3.10. The molecule has 0 aromatic heterocycles. The van der Waals surface area contributed by atoms with Gasteiger partial charge in [-0.25, -0.2) is 13.2 Å². The number of hydrogen-bond donors (Lipinski definition) is 3. The lowest BCUT2D eigenvalue weighted by Crippen LogP contribution is -2.51. The van der Waals surface area contributed by atoms with E-state index in [4.69, 9.17) is 5.73 Å². The monoisotopic (exact) mass is 617 g/mol. The van der Waals surface area contributed by atoms with E-state index >= 15 is 0 Å². The smallest absolute Gasteiger partial charge is 0.369 e. The van der Waals surface area contributed by atoms with Gasteiger partial charge in [-0.15, -0.1) is 0 Å². The molecule has 0 saturated carbocycles. The van der Waals surface area contributed by atoms with Crippen molar-refractivity contribution in [3.05, 3.63) is 89.2 Å². The van der Waals surface area contributed by atoms with Gasteiger partial charge >= 0.3 is 6.18 Å². The number of nitrogens with zero attached hydrogens (tertiary/aromatic N) is 2. The van der Waals surface area contributed by atoms with Crippen molar-refractivity contribution in [3.8, 4) is 6.07 Å². The number of fused-ring (bicyclic) bond motifs is 1. The highest BCUT2D eigenvalue weighted by Crippen LogP contribution is 2.41. The van der Waals surface area contributed by atoms with Crippen LogP contribution in [-0.2, 0) is 14.4 Å². The maximum absolute atomic E-state index is 14.5. The summed E-state index contributed by atoms with van der Waals surface area (Å²) in [6, 6.07) is 14.4. The Kier molecular flexibility index (Phi) is 9.46. The number of nitrogens with two attached hydrogens (primary N) is 1. The lowest BCUT2D eigenvalue weighted by atomic mass is 9.81. The summed E-state index contributed by atoms with van der Waals surface area (Å²) in [7, 11) is 0. The molecule has 3 aromatic carbocycles. The maximum atomic E-state index is 14.5. The molecule has 1 aliphatic rings. The van der Waals surface area contributed by atoms with Gasteiger partial charge in [0.1, 0.15) is 11.9 Å². The van der Waals surface area contributed by atoms with Gasteiger partial charge in [0.15, 0.2) is 0 Å². The van der Waals surface area contributed by atoms with E-state index in [1.165, 1.54) is 47.4 Å². The van der Waals surface area contributed by atoms with Crippen LogP contribution < -0.4 is 21.3 Å². The number of carbonyl (C=O) groups is 3. The molecule has 3 unspecified atom stereocenters. The molecule has 0 radical (unpaired) electrons. The maximum Gasteiger partial charge on any atom is 0.389 e. The highest BCUT2D eigenvalue weighted by Gasteiger charge is 2.40. The molecule has 8 nitrogen and oxygen atoms in total. The number of anilines is 3. The average molecular weight is 618 g/mol. The predicted molar refractivity (Wildman–Crippen MR) is 147 cm³/mol. The van der Waals surface area contributed by atoms with Crippen LogP contribution in [0.5, 0.6) is 0 Å². The molecule has 0 aliphatic carbocycles. The fourth-order valence-electron chi connectivity index (χ4n) is 5.13. The van der Waals surface area contributed by atoms with E-state index in [-0.39, 0.29) is 28.2 Å². The Morgan fingerprint density at radius 2 is 1.80 bits per heavy atom. The summed E-state index contributed by atoms with van der Waals surface area (Å²) in [5, 5.41) is 14.1. The molecule has 0 fully saturated rings. The van der Waals surface area contributed by atoms with Crippen molar-refractivity contribution in [2.24, 2.45) is 11.7 Å². The number of primary amides is 1. The highest BCUT2D eigenvalue weighted by molar-refractivity contribution is 6.04. The molecular weight excluding hydrogens is 592 g/mol. The van der Waals surface area contributed by atoms with Crippen molar-refractivity contribution >= 4 is 34.8 Å². The van der Waals surface area contributed by atoms with E-state index in [0.29, 0.717) is 0 Å². The first kappa shape index (κ1) is 31.9. The van der Waals surface area contributed by atoms with Crippen LogP contribution >= 0.6 is 0 Å². The Morgan fingerprint density at radius 1 is 1.09 bits per heavy atom. The second-order valence-corrected chi connectivity index (χ2v) is 10.1. The van der Waals surface area contributed by atoms with Crippen LogP contribution in [0.3, 0.4) is 0 Å². The highest BCUT2D eigenvalue weighted by atomic mass is 19.4. The summed E-state index contributed by atoms with van der Waals surface area (Å²) in [6.45, 7) is -0.510. The molecule has 4 N–H and O–H groups in total. The minimum absolute atomic E-state index is 0.0182. The van der Waals surface area contributed by atoms with Gasteiger partial charge in [-0.05, 0) is 36.2 Å². The summed E-state index contributed by atoms with van der Waals surface area (Å²) in [5.74, 6) is -7.25.